The second-order valence-corrected chi connectivity index (χ2v) is 4.08. The van der Waals surface area contributed by atoms with E-state index >= 15 is 0 Å². The second-order valence-electron chi connectivity index (χ2n) is 4.08. The zero-order valence-electron chi connectivity index (χ0n) is 10.4. The lowest BCUT2D eigenvalue weighted by molar-refractivity contribution is 0.0696. The molecule has 1 aromatic heterocycles. The van der Waals surface area contributed by atoms with Crippen molar-refractivity contribution < 1.29 is 19.2 Å². The van der Waals surface area contributed by atoms with E-state index < -0.39 is 5.97 Å². The third-order valence-electron chi connectivity index (χ3n) is 2.71. The fourth-order valence-corrected chi connectivity index (χ4v) is 1.70. The number of nitrogens with zero attached hydrogens (tertiary/aromatic N) is 1. The maximum Gasteiger partial charge on any atom is 0.335 e. The van der Waals surface area contributed by atoms with Crippen molar-refractivity contribution in [2.45, 2.75) is 13.8 Å². The smallest absolute Gasteiger partial charge is 0.335 e. The van der Waals surface area contributed by atoms with Crippen LogP contribution in [0.3, 0.4) is 0 Å². The Kier molecular flexibility index (Phi) is 3.33. The Morgan fingerprint density at radius 1 is 1.26 bits per heavy atom. The molecular weight excluding hydrogens is 248 g/mol. The number of aryl methyl sites for hydroxylation is 2. The predicted molar refractivity (Wildman–Crippen MR) is 67.3 cm³/mol. The van der Waals surface area contributed by atoms with Crippen LogP contribution in [-0.4, -0.2) is 22.1 Å². The number of hydrogen-bond acceptors (Lipinski definition) is 4. The molecule has 98 valence electrons. The summed E-state index contributed by atoms with van der Waals surface area (Å²) >= 11 is 0. The number of benzene rings is 1. The normalized spacial score (nSPS) is 10.2. The number of carbonyl (C=O) groups is 2. The quantitative estimate of drug-likeness (QED) is 0.882. The maximum absolute atomic E-state index is 11.9. The van der Waals surface area contributed by atoms with Gasteiger partial charge in [-0.25, -0.2) is 4.79 Å². The molecule has 1 amide bonds. The van der Waals surface area contributed by atoms with Crippen LogP contribution in [0.4, 0.5) is 5.69 Å². The van der Waals surface area contributed by atoms with Gasteiger partial charge in [0.15, 0.2) is 0 Å². The van der Waals surface area contributed by atoms with Gasteiger partial charge in [0.1, 0.15) is 11.3 Å². The summed E-state index contributed by atoms with van der Waals surface area (Å²) in [6.07, 6.45) is 1.34. The van der Waals surface area contributed by atoms with Gasteiger partial charge in [-0.1, -0.05) is 5.16 Å². The zero-order chi connectivity index (χ0) is 14.0. The summed E-state index contributed by atoms with van der Waals surface area (Å²) < 4.78 is 4.81. The van der Waals surface area contributed by atoms with Crippen LogP contribution >= 0.6 is 0 Å². The molecular formula is C13H12N2O4. The first-order valence-corrected chi connectivity index (χ1v) is 5.55. The van der Waals surface area contributed by atoms with Crippen LogP contribution in [0.2, 0.25) is 0 Å². The van der Waals surface area contributed by atoms with Gasteiger partial charge in [0.25, 0.3) is 5.91 Å². The molecule has 2 aromatic rings. The van der Waals surface area contributed by atoms with Crippen LogP contribution in [0.5, 0.6) is 0 Å². The highest BCUT2D eigenvalue weighted by Crippen LogP contribution is 2.17. The fraction of sp³-hybridized carbons (Fsp3) is 0.154. The van der Waals surface area contributed by atoms with Crippen molar-refractivity contribution in [3.63, 3.8) is 0 Å². The zero-order valence-corrected chi connectivity index (χ0v) is 10.4. The van der Waals surface area contributed by atoms with E-state index in [0.717, 1.165) is 0 Å². The molecule has 1 aromatic carbocycles. The first-order valence-electron chi connectivity index (χ1n) is 5.55. The molecule has 0 saturated carbocycles. The Morgan fingerprint density at radius 3 is 2.53 bits per heavy atom. The molecule has 6 heteroatoms. The number of hydrogen-bond donors (Lipinski definition) is 2. The van der Waals surface area contributed by atoms with E-state index in [1.54, 1.807) is 19.9 Å². The van der Waals surface area contributed by atoms with E-state index in [2.05, 4.69) is 10.5 Å². The molecule has 0 bridgehead atoms. The number of nitrogens with one attached hydrogen (secondary N) is 1. The molecule has 0 spiro atoms. The summed E-state index contributed by atoms with van der Waals surface area (Å²) in [6, 6.07) is 4.59. The third kappa shape index (κ3) is 2.62. The SMILES string of the molecule is Cc1cc(NC(=O)c2cnoc2C)ccc1C(=O)O. The summed E-state index contributed by atoms with van der Waals surface area (Å²) in [5.74, 6) is -0.914. The molecule has 0 atom stereocenters. The van der Waals surface area contributed by atoms with Gasteiger partial charge in [-0.05, 0) is 37.6 Å². The molecule has 0 radical (unpaired) electrons. The third-order valence-corrected chi connectivity index (χ3v) is 2.71. The van der Waals surface area contributed by atoms with Crippen molar-refractivity contribution in [3.05, 3.63) is 46.8 Å². The van der Waals surface area contributed by atoms with E-state index in [-0.39, 0.29) is 11.5 Å². The van der Waals surface area contributed by atoms with Gasteiger partial charge in [-0.3, -0.25) is 4.79 Å². The lowest BCUT2D eigenvalue weighted by atomic mass is 10.1. The number of aromatic carboxylic acids is 1. The minimum absolute atomic E-state index is 0.208. The van der Waals surface area contributed by atoms with Crippen LogP contribution in [0.15, 0.2) is 28.9 Å². The number of carboxylic acid groups (broad SMARTS) is 1. The molecule has 2 rings (SSSR count). The summed E-state index contributed by atoms with van der Waals surface area (Å²) in [7, 11) is 0. The van der Waals surface area contributed by atoms with Crippen LogP contribution in [0, 0.1) is 13.8 Å². The molecule has 6 nitrogen and oxygen atoms in total. The number of carbonyl (C=O) groups excluding carboxylic acids is 1. The maximum atomic E-state index is 11.9. The highest BCUT2D eigenvalue weighted by molar-refractivity contribution is 6.05. The van der Waals surface area contributed by atoms with E-state index in [0.29, 0.717) is 22.6 Å². The Labute approximate surface area is 109 Å². The van der Waals surface area contributed by atoms with Crippen molar-refractivity contribution in [1.29, 1.82) is 0 Å². The number of amides is 1. The van der Waals surface area contributed by atoms with Crippen molar-refractivity contribution in [2.75, 3.05) is 5.32 Å². The first-order chi connectivity index (χ1) is 8.99. The van der Waals surface area contributed by atoms with Crippen molar-refractivity contribution in [2.24, 2.45) is 0 Å². The molecule has 0 aliphatic carbocycles. The Morgan fingerprint density at radius 2 is 2.00 bits per heavy atom. The van der Waals surface area contributed by atoms with Gasteiger partial charge in [0.2, 0.25) is 0 Å². The van der Waals surface area contributed by atoms with E-state index in [4.69, 9.17) is 9.63 Å². The predicted octanol–water partition coefficient (Wildman–Crippen LogP) is 2.24. The summed E-state index contributed by atoms with van der Waals surface area (Å²) in [4.78, 5) is 22.8. The van der Waals surface area contributed by atoms with Crippen molar-refractivity contribution in [1.82, 2.24) is 5.16 Å². The van der Waals surface area contributed by atoms with Gasteiger partial charge in [-0.15, -0.1) is 0 Å². The van der Waals surface area contributed by atoms with Crippen molar-refractivity contribution >= 4 is 17.6 Å². The molecule has 1 heterocycles. The highest BCUT2D eigenvalue weighted by Gasteiger charge is 2.14. The minimum atomic E-state index is -0.995. The summed E-state index contributed by atoms with van der Waals surface area (Å²) in [5, 5.41) is 15.1. The number of rotatable bonds is 3. The second kappa shape index (κ2) is 4.93. The number of aromatic nitrogens is 1. The van der Waals surface area contributed by atoms with Gasteiger partial charge in [0.05, 0.1) is 11.8 Å². The molecule has 19 heavy (non-hydrogen) atoms. The molecule has 0 aliphatic heterocycles. The van der Waals surface area contributed by atoms with Crippen LogP contribution < -0.4 is 5.32 Å². The Hall–Kier alpha value is -2.63. The molecule has 2 N–H and O–H groups in total. The van der Waals surface area contributed by atoms with Crippen LogP contribution in [0.25, 0.3) is 0 Å². The van der Waals surface area contributed by atoms with Gasteiger partial charge in [0, 0.05) is 5.69 Å². The van der Waals surface area contributed by atoms with Crippen molar-refractivity contribution in [3.8, 4) is 0 Å². The number of anilines is 1. The van der Waals surface area contributed by atoms with Gasteiger partial charge < -0.3 is 14.9 Å². The van der Waals surface area contributed by atoms with E-state index in [9.17, 15) is 9.59 Å². The Bertz CT molecular complexity index is 646. The first kappa shape index (κ1) is 12.8. The lowest BCUT2D eigenvalue weighted by Gasteiger charge is -2.06. The molecule has 0 aliphatic rings. The standard InChI is InChI=1S/C13H12N2O4/c1-7-5-9(3-4-10(7)13(17)18)15-12(16)11-6-14-19-8(11)2/h3-6H,1-2H3,(H,15,16)(H,17,18). The average molecular weight is 260 g/mol. The summed E-state index contributed by atoms with van der Waals surface area (Å²) in [5.41, 5.74) is 1.65. The molecule has 0 unspecified atom stereocenters. The van der Waals surface area contributed by atoms with Gasteiger partial charge >= 0.3 is 5.97 Å². The van der Waals surface area contributed by atoms with E-state index in [1.807, 2.05) is 0 Å². The van der Waals surface area contributed by atoms with Crippen LogP contribution in [0.1, 0.15) is 32.0 Å². The van der Waals surface area contributed by atoms with Gasteiger partial charge in [-0.2, -0.15) is 0 Å². The average Bonchev–Trinajstić information content (AvgIpc) is 2.75. The minimum Gasteiger partial charge on any atom is -0.478 e. The van der Waals surface area contributed by atoms with E-state index in [1.165, 1.54) is 18.3 Å². The molecule has 0 saturated heterocycles. The largest absolute Gasteiger partial charge is 0.478 e. The molecule has 0 fully saturated rings. The highest BCUT2D eigenvalue weighted by atomic mass is 16.5. The van der Waals surface area contributed by atoms with Crippen LogP contribution in [-0.2, 0) is 0 Å². The number of carboxylic acids is 1. The monoisotopic (exact) mass is 260 g/mol. The Balaban J connectivity index is 2.21. The lowest BCUT2D eigenvalue weighted by Crippen LogP contribution is -2.12. The fourth-order valence-electron chi connectivity index (χ4n) is 1.70. The topological polar surface area (TPSA) is 92.4 Å². The summed E-state index contributed by atoms with van der Waals surface area (Å²) in [6.45, 7) is 3.31.